The highest BCUT2D eigenvalue weighted by Crippen LogP contribution is 2.19. The molecule has 0 saturated heterocycles. The fraction of sp³-hybridized carbons (Fsp3) is 0.588. The van der Waals surface area contributed by atoms with Crippen LogP contribution in [-0.4, -0.2) is 48.5 Å². The number of Topliss-reactive ketones (excluding diaryl/α,β-unsaturated/α-hetero) is 1. The minimum atomic E-state index is -0.651. The molecule has 7 nitrogen and oxygen atoms in total. The molecule has 0 bridgehead atoms. The number of hydrogen-bond donors (Lipinski definition) is 2. The highest BCUT2D eigenvalue weighted by molar-refractivity contribution is 6.01. The maximum absolute atomic E-state index is 12.0. The number of carbonyl (C=O) groups excluding carboxylic acids is 3. The minimum Gasteiger partial charge on any atom is -0.451 e. The fourth-order valence-electron chi connectivity index (χ4n) is 2.36. The number of aromatic nitrogens is 1. The SMILES string of the molecule is CC(=O)c1c(C)[nH]c(C(=O)OCC(=O)NCCCOC(C)C)c1C. The number of carbonyl (C=O) groups is 3. The summed E-state index contributed by atoms with van der Waals surface area (Å²) in [6.07, 6.45) is 0.850. The van der Waals surface area contributed by atoms with Crippen molar-refractivity contribution in [1.29, 1.82) is 0 Å². The van der Waals surface area contributed by atoms with Crippen molar-refractivity contribution in [3.8, 4) is 0 Å². The number of rotatable bonds is 9. The minimum absolute atomic E-state index is 0.123. The van der Waals surface area contributed by atoms with E-state index in [1.807, 2.05) is 13.8 Å². The van der Waals surface area contributed by atoms with E-state index >= 15 is 0 Å². The Balaban J connectivity index is 2.42. The Morgan fingerprint density at radius 2 is 1.88 bits per heavy atom. The quantitative estimate of drug-likeness (QED) is 0.407. The van der Waals surface area contributed by atoms with Gasteiger partial charge in [-0.1, -0.05) is 0 Å². The Labute approximate surface area is 142 Å². The standard InChI is InChI=1S/C17H26N2O5/c1-10(2)23-8-6-7-18-14(21)9-24-17(22)16-11(3)15(13(5)20)12(4)19-16/h10,19H,6-9H2,1-5H3,(H,18,21). The molecule has 134 valence electrons. The third kappa shape index (κ3) is 5.81. The molecule has 2 N–H and O–H groups in total. The number of nitrogens with one attached hydrogen (secondary N) is 2. The van der Waals surface area contributed by atoms with Crippen molar-refractivity contribution in [2.45, 2.75) is 47.1 Å². The van der Waals surface area contributed by atoms with E-state index in [-0.39, 0.29) is 30.1 Å². The maximum atomic E-state index is 12.0. The molecule has 0 aromatic carbocycles. The van der Waals surface area contributed by atoms with Gasteiger partial charge in [0.25, 0.3) is 5.91 Å². The van der Waals surface area contributed by atoms with Crippen molar-refractivity contribution in [3.63, 3.8) is 0 Å². The molecule has 0 spiro atoms. The summed E-state index contributed by atoms with van der Waals surface area (Å²) in [5, 5.41) is 2.65. The van der Waals surface area contributed by atoms with Crippen molar-refractivity contribution >= 4 is 17.7 Å². The molecule has 1 rings (SSSR count). The molecule has 0 radical (unpaired) electrons. The van der Waals surface area contributed by atoms with Crippen LogP contribution in [0.5, 0.6) is 0 Å². The van der Waals surface area contributed by atoms with Crippen LogP contribution in [0, 0.1) is 13.8 Å². The van der Waals surface area contributed by atoms with Crippen LogP contribution in [0.15, 0.2) is 0 Å². The highest BCUT2D eigenvalue weighted by atomic mass is 16.5. The lowest BCUT2D eigenvalue weighted by Gasteiger charge is -2.08. The summed E-state index contributed by atoms with van der Waals surface area (Å²) in [5.41, 5.74) is 1.84. The van der Waals surface area contributed by atoms with Crippen molar-refractivity contribution in [2.24, 2.45) is 0 Å². The molecule has 0 aliphatic carbocycles. The number of hydrogen-bond acceptors (Lipinski definition) is 5. The topological polar surface area (TPSA) is 97.5 Å². The van der Waals surface area contributed by atoms with E-state index in [2.05, 4.69) is 10.3 Å². The Hall–Kier alpha value is -2.15. The van der Waals surface area contributed by atoms with E-state index in [0.29, 0.717) is 36.4 Å². The Morgan fingerprint density at radius 3 is 2.42 bits per heavy atom. The lowest BCUT2D eigenvalue weighted by atomic mass is 10.1. The average molecular weight is 338 g/mol. The number of H-pyrrole nitrogens is 1. The summed E-state index contributed by atoms with van der Waals surface area (Å²) in [6, 6.07) is 0. The number of aryl methyl sites for hydroxylation is 1. The van der Waals surface area contributed by atoms with Gasteiger partial charge in [-0.2, -0.15) is 0 Å². The second kappa shape index (κ2) is 9.22. The van der Waals surface area contributed by atoms with Crippen LogP contribution < -0.4 is 5.32 Å². The van der Waals surface area contributed by atoms with Gasteiger partial charge in [0.1, 0.15) is 5.69 Å². The van der Waals surface area contributed by atoms with Gasteiger partial charge in [0.2, 0.25) is 0 Å². The maximum Gasteiger partial charge on any atom is 0.355 e. The van der Waals surface area contributed by atoms with Crippen LogP contribution in [0.4, 0.5) is 0 Å². The van der Waals surface area contributed by atoms with Crippen LogP contribution in [0.3, 0.4) is 0 Å². The molecule has 0 saturated carbocycles. The molecular formula is C17H26N2O5. The number of ketones is 1. The molecule has 1 heterocycles. The molecule has 0 atom stereocenters. The molecule has 1 amide bonds. The second-order valence-corrected chi connectivity index (χ2v) is 5.88. The number of esters is 1. The van der Waals surface area contributed by atoms with Crippen molar-refractivity contribution in [1.82, 2.24) is 10.3 Å². The number of ether oxygens (including phenoxy) is 2. The van der Waals surface area contributed by atoms with E-state index < -0.39 is 5.97 Å². The number of aromatic amines is 1. The summed E-state index contributed by atoms with van der Waals surface area (Å²) >= 11 is 0. The predicted molar refractivity (Wildman–Crippen MR) is 89.3 cm³/mol. The normalized spacial score (nSPS) is 10.8. The summed E-state index contributed by atoms with van der Waals surface area (Å²) < 4.78 is 10.3. The van der Waals surface area contributed by atoms with Gasteiger partial charge in [0.05, 0.1) is 6.10 Å². The van der Waals surface area contributed by atoms with Crippen LogP contribution in [0.25, 0.3) is 0 Å². The molecule has 7 heteroatoms. The van der Waals surface area contributed by atoms with Gasteiger partial charge in [-0.25, -0.2) is 4.79 Å². The smallest absolute Gasteiger partial charge is 0.355 e. The summed E-state index contributed by atoms with van der Waals surface area (Å²) in [4.78, 5) is 38.1. The van der Waals surface area contributed by atoms with Crippen molar-refractivity contribution in [3.05, 3.63) is 22.5 Å². The van der Waals surface area contributed by atoms with E-state index in [4.69, 9.17) is 9.47 Å². The molecule has 24 heavy (non-hydrogen) atoms. The first-order chi connectivity index (χ1) is 11.2. The van der Waals surface area contributed by atoms with Crippen LogP contribution >= 0.6 is 0 Å². The molecular weight excluding hydrogens is 312 g/mol. The van der Waals surface area contributed by atoms with Crippen LogP contribution in [-0.2, 0) is 14.3 Å². The van der Waals surface area contributed by atoms with E-state index in [1.165, 1.54) is 6.92 Å². The third-order valence-corrected chi connectivity index (χ3v) is 3.42. The van der Waals surface area contributed by atoms with E-state index in [0.717, 1.165) is 0 Å². The van der Waals surface area contributed by atoms with Gasteiger partial charge in [0, 0.05) is 24.4 Å². The predicted octanol–water partition coefficient (Wildman–Crippen LogP) is 1.92. The summed E-state index contributed by atoms with van der Waals surface area (Å²) in [6.45, 7) is 9.37. The fourth-order valence-corrected chi connectivity index (χ4v) is 2.36. The van der Waals surface area contributed by atoms with Crippen LogP contribution in [0.2, 0.25) is 0 Å². The van der Waals surface area contributed by atoms with Gasteiger partial charge in [-0.15, -0.1) is 0 Å². The monoisotopic (exact) mass is 338 g/mol. The van der Waals surface area contributed by atoms with Gasteiger partial charge >= 0.3 is 5.97 Å². The molecule has 1 aromatic rings. The van der Waals surface area contributed by atoms with Crippen molar-refractivity contribution in [2.75, 3.05) is 19.8 Å². The number of amides is 1. The zero-order valence-corrected chi connectivity index (χ0v) is 14.9. The van der Waals surface area contributed by atoms with Crippen molar-refractivity contribution < 1.29 is 23.9 Å². The summed E-state index contributed by atoms with van der Waals surface area (Å²) in [7, 11) is 0. The first-order valence-electron chi connectivity index (χ1n) is 7.99. The first kappa shape index (κ1) is 19.9. The Bertz CT molecular complexity index is 604. The van der Waals surface area contributed by atoms with E-state index in [1.54, 1.807) is 13.8 Å². The molecule has 0 aliphatic heterocycles. The average Bonchev–Trinajstić information content (AvgIpc) is 2.79. The van der Waals surface area contributed by atoms with Gasteiger partial charge < -0.3 is 19.8 Å². The zero-order chi connectivity index (χ0) is 18.3. The lowest BCUT2D eigenvalue weighted by Crippen LogP contribution is -2.30. The molecule has 0 aliphatic rings. The first-order valence-corrected chi connectivity index (χ1v) is 7.99. The summed E-state index contributed by atoms with van der Waals surface area (Å²) in [5.74, 6) is -1.15. The van der Waals surface area contributed by atoms with E-state index in [9.17, 15) is 14.4 Å². The van der Waals surface area contributed by atoms with Crippen LogP contribution in [0.1, 0.15) is 59.3 Å². The highest BCUT2D eigenvalue weighted by Gasteiger charge is 2.21. The van der Waals surface area contributed by atoms with Gasteiger partial charge in [-0.3, -0.25) is 9.59 Å². The van der Waals surface area contributed by atoms with Gasteiger partial charge in [-0.05, 0) is 46.6 Å². The third-order valence-electron chi connectivity index (χ3n) is 3.42. The zero-order valence-electron chi connectivity index (χ0n) is 14.9. The molecule has 1 aromatic heterocycles. The lowest BCUT2D eigenvalue weighted by molar-refractivity contribution is -0.124. The molecule has 0 unspecified atom stereocenters. The largest absolute Gasteiger partial charge is 0.451 e. The Morgan fingerprint density at radius 1 is 1.21 bits per heavy atom. The van der Waals surface area contributed by atoms with Gasteiger partial charge in [0.15, 0.2) is 12.4 Å². The molecule has 0 fully saturated rings. The Kier molecular flexibility index (Phi) is 7.64. The second-order valence-electron chi connectivity index (χ2n) is 5.88.